The molecule has 2 heteroatoms. The van der Waals surface area contributed by atoms with E-state index in [1.807, 2.05) is 0 Å². The van der Waals surface area contributed by atoms with E-state index in [-0.39, 0.29) is 5.41 Å². The summed E-state index contributed by atoms with van der Waals surface area (Å²) in [6.07, 6.45) is 6.16. The monoisotopic (exact) mass is 310 g/mol. The van der Waals surface area contributed by atoms with Gasteiger partial charge in [0.15, 0.2) is 0 Å². The van der Waals surface area contributed by atoms with Crippen molar-refractivity contribution in [3.63, 3.8) is 0 Å². The summed E-state index contributed by atoms with van der Waals surface area (Å²) < 4.78 is 5.46. The molecule has 0 bridgehead atoms. The topological polar surface area (TPSA) is 26.3 Å². The average Bonchev–Trinajstić information content (AvgIpc) is 2.78. The first-order valence-electron chi connectivity index (χ1n) is 8.91. The van der Waals surface area contributed by atoms with Gasteiger partial charge >= 0.3 is 0 Å². The molecule has 0 heterocycles. The molecule has 0 aromatic heterocycles. The lowest BCUT2D eigenvalue weighted by molar-refractivity contribution is -0.121. The Bertz CT molecular complexity index is 696. The van der Waals surface area contributed by atoms with Crippen molar-refractivity contribution in [2.45, 2.75) is 52.4 Å². The van der Waals surface area contributed by atoms with Crippen LogP contribution in [0, 0.1) is 17.3 Å². The normalized spacial score (nSPS) is 28.7. The molecule has 1 aromatic carbocycles. The van der Waals surface area contributed by atoms with Gasteiger partial charge in [-0.15, -0.1) is 0 Å². The third-order valence-corrected chi connectivity index (χ3v) is 6.36. The minimum Gasteiger partial charge on any atom is -0.497 e. The highest BCUT2D eigenvalue weighted by Crippen LogP contribution is 2.54. The van der Waals surface area contributed by atoms with Crippen molar-refractivity contribution < 1.29 is 9.53 Å². The number of allylic oxidation sites excluding steroid dienone is 2. The molecular weight excluding hydrogens is 284 g/mol. The van der Waals surface area contributed by atoms with Crippen LogP contribution < -0.4 is 4.74 Å². The highest BCUT2D eigenvalue weighted by molar-refractivity contribution is 5.88. The maximum atomic E-state index is 12.6. The van der Waals surface area contributed by atoms with Crippen LogP contribution in [0.3, 0.4) is 0 Å². The highest BCUT2D eigenvalue weighted by atomic mass is 16.5. The van der Waals surface area contributed by atoms with Crippen molar-refractivity contribution in [2.75, 3.05) is 7.11 Å². The highest BCUT2D eigenvalue weighted by Gasteiger charge is 2.43. The van der Waals surface area contributed by atoms with Gasteiger partial charge in [-0.1, -0.05) is 25.5 Å². The van der Waals surface area contributed by atoms with Crippen LogP contribution in [0.15, 0.2) is 23.8 Å². The van der Waals surface area contributed by atoms with E-state index in [2.05, 4.69) is 32.0 Å². The van der Waals surface area contributed by atoms with Gasteiger partial charge in [-0.05, 0) is 71.8 Å². The lowest BCUT2D eigenvalue weighted by atomic mass is 9.64. The number of hydrogen-bond donors (Lipinski definition) is 0. The van der Waals surface area contributed by atoms with Gasteiger partial charge in [-0.2, -0.15) is 0 Å². The maximum Gasteiger partial charge on any atom is 0.134 e. The van der Waals surface area contributed by atoms with Crippen LogP contribution in [0.5, 0.6) is 5.75 Å². The maximum absolute atomic E-state index is 12.6. The number of ether oxygens (including phenoxy) is 1. The summed E-state index contributed by atoms with van der Waals surface area (Å²) in [5.41, 5.74) is 6.09. The van der Waals surface area contributed by atoms with Gasteiger partial charge in [-0.25, -0.2) is 0 Å². The Kier molecular flexibility index (Phi) is 3.40. The van der Waals surface area contributed by atoms with Crippen LogP contribution in [0.4, 0.5) is 0 Å². The fraction of sp³-hybridized carbons (Fsp3) is 0.571. The Morgan fingerprint density at radius 1 is 1.17 bits per heavy atom. The number of ketones is 1. The molecule has 0 saturated heterocycles. The van der Waals surface area contributed by atoms with E-state index in [9.17, 15) is 4.79 Å². The summed E-state index contributed by atoms with van der Waals surface area (Å²) in [5.74, 6) is 2.22. The quantitative estimate of drug-likeness (QED) is 0.744. The van der Waals surface area contributed by atoms with Gasteiger partial charge in [-0.3, -0.25) is 4.79 Å². The predicted molar refractivity (Wildman–Crippen MR) is 92.5 cm³/mol. The first-order chi connectivity index (χ1) is 11.0. The Balaban J connectivity index is 1.91. The molecule has 23 heavy (non-hydrogen) atoms. The summed E-state index contributed by atoms with van der Waals surface area (Å²) in [6, 6.07) is 6.45. The van der Waals surface area contributed by atoms with Crippen molar-refractivity contribution in [1.29, 1.82) is 0 Å². The third-order valence-electron chi connectivity index (χ3n) is 6.36. The molecule has 2 nitrogen and oxygen atoms in total. The Morgan fingerprint density at radius 3 is 2.78 bits per heavy atom. The second kappa shape index (κ2) is 5.22. The average molecular weight is 310 g/mol. The lowest BCUT2D eigenvalue weighted by Gasteiger charge is -2.41. The second-order valence-corrected chi connectivity index (χ2v) is 8.20. The van der Waals surface area contributed by atoms with Crippen LogP contribution in [-0.2, 0) is 11.2 Å². The summed E-state index contributed by atoms with van der Waals surface area (Å²) in [6.45, 7) is 4.71. The van der Waals surface area contributed by atoms with E-state index in [1.54, 1.807) is 12.7 Å². The molecule has 3 aliphatic rings. The van der Waals surface area contributed by atoms with Gasteiger partial charge in [0.25, 0.3) is 0 Å². The van der Waals surface area contributed by atoms with Crippen molar-refractivity contribution in [3.8, 4) is 5.75 Å². The standard InChI is InChI=1S/C21H26O2/c1-21(2)8-4-5-17-19(21)11-15(22)10-14-9-13-6-7-16(23-3)12-18(13)20(14)17/h6-7,12,14,19H,4-5,8-11H2,1-3H3/t14-,19+/m0/s1. The van der Waals surface area contributed by atoms with E-state index < -0.39 is 0 Å². The Labute approximate surface area is 138 Å². The Hall–Kier alpha value is -1.57. The zero-order valence-corrected chi connectivity index (χ0v) is 14.4. The van der Waals surface area contributed by atoms with E-state index in [0.717, 1.165) is 25.0 Å². The van der Waals surface area contributed by atoms with Crippen molar-refractivity contribution in [3.05, 3.63) is 34.9 Å². The van der Waals surface area contributed by atoms with E-state index in [4.69, 9.17) is 4.74 Å². The SMILES string of the molecule is COc1ccc2c(c1)C1=C3CCCC(C)(C)[C@@H]3CC(=O)C[C@@H]1C2. The summed E-state index contributed by atoms with van der Waals surface area (Å²) in [7, 11) is 1.73. The third kappa shape index (κ3) is 2.34. The first kappa shape index (κ1) is 15.0. The van der Waals surface area contributed by atoms with Crippen LogP contribution in [-0.4, -0.2) is 12.9 Å². The number of Topliss-reactive ketones (excluding diaryl/α,β-unsaturated/α-hetero) is 1. The van der Waals surface area contributed by atoms with Crippen LogP contribution >= 0.6 is 0 Å². The molecule has 122 valence electrons. The van der Waals surface area contributed by atoms with Crippen molar-refractivity contribution in [1.82, 2.24) is 0 Å². The summed E-state index contributed by atoms with van der Waals surface area (Å²) >= 11 is 0. The van der Waals surface area contributed by atoms with Crippen molar-refractivity contribution >= 4 is 11.4 Å². The zero-order valence-electron chi connectivity index (χ0n) is 14.4. The number of fused-ring (bicyclic) bond motifs is 4. The molecule has 4 rings (SSSR count). The van der Waals surface area contributed by atoms with Crippen LogP contribution in [0.25, 0.3) is 5.57 Å². The number of carbonyl (C=O) groups is 1. The van der Waals surface area contributed by atoms with Crippen molar-refractivity contribution in [2.24, 2.45) is 17.3 Å². The van der Waals surface area contributed by atoms with E-state index in [0.29, 0.717) is 17.6 Å². The van der Waals surface area contributed by atoms with Gasteiger partial charge in [0.1, 0.15) is 11.5 Å². The molecule has 0 aliphatic heterocycles. The van der Waals surface area contributed by atoms with Gasteiger partial charge in [0.05, 0.1) is 7.11 Å². The molecule has 2 atom stereocenters. The zero-order chi connectivity index (χ0) is 16.2. The molecule has 1 aromatic rings. The van der Waals surface area contributed by atoms with E-state index in [1.165, 1.54) is 36.0 Å². The summed E-state index contributed by atoms with van der Waals surface area (Å²) in [4.78, 5) is 12.6. The minimum atomic E-state index is 0.243. The molecule has 0 N–H and O–H groups in total. The minimum absolute atomic E-state index is 0.243. The Morgan fingerprint density at radius 2 is 2.00 bits per heavy atom. The number of carbonyl (C=O) groups excluding carboxylic acids is 1. The summed E-state index contributed by atoms with van der Waals surface area (Å²) in [5, 5.41) is 0. The number of hydrogen-bond acceptors (Lipinski definition) is 2. The fourth-order valence-electron chi connectivity index (χ4n) is 5.17. The molecular formula is C21H26O2. The van der Waals surface area contributed by atoms with Crippen LogP contribution in [0.2, 0.25) is 0 Å². The first-order valence-corrected chi connectivity index (χ1v) is 8.91. The molecule has 1 saturated carbocycles. The molecule has 0 amide bonds. The van der Waals surface area contributed by atoms with Gasteiger partial charge < -0.3 is 4.74 Å². The number of benzene rings is 1. The molecule has 3 aliphatic carbocycles. The predicted octanol–water partition coefficient (Wildman–Crippen LogP) is 4.81. The van der Waals surface area contributed by atoms with Gasteiger partial charge in [0.2, 0.25) is 0 Å². The molecule has 0 radical (unpaired) electrons. The fourth-order valence-corrected chi connectivity index (χ4v) is 5.17. The number of rotatable bonds is 1. The smallest absolute Gasteiger partial charge is 0.134 e. The van der Waals surface area contributed by atoms with Crippen LogP contribution in [0.1, 0.15) is 57.1 Å². The second-order valence-electron chi connectivity index (χ2n) is 8.20. The van der Waals surface area contributed by atoms with E-state index >= 15 is 0 Å². The molecule has 1 fully saturated rings. The van der Waals surface area contributed by atoms with Gasteiger partial charge in [0, 0.05) is 12.8 Å². The largest absolute Gasteiger partial charge is 0.497 e. The molecule has 0 spiro atoms. The molecule has 0 unspecified atom stereocenters. The lowest BCUT2D eigenvalue weighted by Crippen LogP contribution is -2.31. The number of methoxy groups -OCH3 is 1.